The number of alkyl halides is 1. The van der Waals surface area contributed by atoms with Gasteiger partial charge in [0.2, 0.25) is 0 Å². The van der Waals surface area contributed by atoms with Crippen LogP contribution in [-0.2, 0) is 6.54 Å². The van der Waals surface area contributed by atoms with E-state index >= 15 is 0 Å². The highest BCUT2D eigenvalue weighted by Crippen LogP contribution is 2.17. The van der Waals surface area contributed by atoms with E-state index in [1.165, 1.54) is 6.07 Å². The van der Waals surface area contributed by atoms with E-state index in [1.54, 1.807) is 12.1 Å². The lowest BCUT2D eigenvalue weighted by atomic mass is 10.0. The van der Waals surface area contributed by atoms with Crippen LogP contribution < -0.4 is 5.32 Å². The molecule has 0 saturated heterocycles. The molecule has 0 aliphatic carbocycles. The second kappa shape index (κ2) is 5.85. The first kappa shape index (κ1) is 13.8. The first-order chi connectivity index (χ1) is 7.50. The molecule has 0 spiro atoms. The van der Waals surface area contributed by atoms with Crippen molar-refractivity contribution in [3.05, 3.63) is 34.6 Å². The van der Waals surface area contributed by atoms with Gasteiger partial charge in [0.05, 0.1) is 0 Å². The zero-order valence-corrected chi connectivity index (χ0v) is 11.0. The highest BCUT2D eigenvalue weighted by atomic mass is 35.5. The van der Waals surface area contributed by atoms with Crippen molar-refractivity contribution in [3.8, 4) is 0 Å². The SMILES string of the molecule is CCC(C)(CCl)NCc1ccc(Cl)cc1F. The third kappa shape index (κ3) is 3.62. The van der Waals surface area contributed by atoms with Crippen LogP contribution in [-0.4, -0.2) is 11.4 Å². The molecule has 0 aliphatic rings. The summed E-state index contributed by atoms with van der Waals surface area (Å²) in [6.45, 7) is 4.53. The lowest BCUT2D eigenvalue weighted by Crippen LogP contribution is -2.43. The van der Waals surface area contributed by atoms with Crippen LogP contribution in [0.3, 0.4) is 0 Å². The third-order valence-corrected chi connectivity index (χ3v) is 3.62. The molecule has 0 bridgehead atoms. The number of halogens is 3. The van der Waals surface area contributed by atoms with Crippen LogP contribution in [0, 0.1) is 5.82 Å². The van der Waals surface area contributed by atoms with Gasteiger partial charge in [0.15, 0.2) is 0 Å². The molecule has 0 radical (unpaired) electrons. The largest absolute Gasteiger partial charge is 0.306 e. The maximum Gasteiger partial charge on any atom is 0.129 e. The van der Waals surface area contributed by atoms with Gasteiger partial charge in [-0.2, -0.15) is 0 Å². The van der Waals surface area contributed by atoms with Gasteiger partial charge in [-0.25, -0.2) is 4.39 Å². The first-order valence-corrected chi connectivity index (χ1v) is 6.17. The molecule has 0 amide bonds. The van der Waals surface area contributed by atoms with E-state index in [2.05, 4.69) is 5.32 Å². The second-order valence-corrected chi connectivity index (χ2v) is 4.84. The normalized spacial score (nSPS) is 14.8. The zero-order valence-electron chi connectivity index (χ0n) is 9.49. The van der Waals surface area contributed by atoms with E-state index in [9.17, 15) is 4.39 Å². The van der Waals surface area contributed by atoms with Crippen molar-refractivity contribution < 1.29 is 4.39 Å². The molecule has 1 atom stereocenters. The molecule has 0 saturated carbocycles. The Hall–Kier alpha value is -0.310. The molecule has 1 unspecified atom stereocenters. The summed E-state index contributed by atoms with van der Waals surface area (Å²) < 4.78 is 13.5. The number of benzene rings is 1. The molecule has 16 heavy (non-hydrogen) atoms. The predicted molar refractivity (Wildman–Crippen MR) is 67.7 cm³/mol. The van der Waals surface area contributed by atoms with Crippen LogP contribution in [0.5, 0.6) is 0 Å². The first-order valence-electron chi connectivity index (χ1n) is 5.25. The number of hydrogen-bond acceptors (Lipinski definition) is 1. The minimum Gasteiger partial charge on any atom is -0.306 e. The van der Waals surface area contributed by atoms with Crippen molar-refractivity contribution in [2.24, 2.45) is 0 Å². The van der Waals surface area contributed by atoms with Crippen molar-refractivity contribution >= 4 is 23.2 Å². The molecule has 1 aromatic carbocycles. The maximum atomic E-state index is 13.5. The Morgan fingerprint density at radius 1 is 1.44 bits per heavy atom. The van der Waals surface area contributed by atoms with Gasteiger partial charge in [-0.05, 0) is 25.5 Å². The van der Waals surface area contributed by atoms with Crippen molar-refractivity contribution in [3.63, 3.8) is 0 Å². The molecule has 0 aromatic heterocycles. The summed E-state index contributed by atoms with van der Waals surface area (Å²) in [6.07, 6.45) is 0.895. The summed E-state index contributed by atoms with van der Waals surface area (Å²) in [5.74, 6) is 0.214. The van der Waals surface area contributed by atoms with Gasteiger partial charge in [-0.3, -0.25) is 0 Å². The second-order valence-electron chi connectivity index (χ2n) is 4.14. The molecule has 0 fully saturated rings. The number of nitrogens with one attached hydrogen (secondary N) is 1. The van der Waals surface area contributed by atoms with Gasteiger partial charge < -0.3 is 5.32 Å². The van der Waals surface area contributed by atoms with Gasteiger partial charge in [-0.1, -0.05) is 24.6 Å². The van der Waals surface area contributed by atoms with Gasteiger partial charge in [0.25, 0.3) is 0 Å². The van der Waals surface area contributed by atoms with Crippen LogP contribution in [0.2, 0.25) is 5.02 Å². The fraction of sp³-hybridized carbons (Fsp3) is 0.500. The average Bonchev–Trinajstić information content (AvgIpc) is 2.27. The molecule has 0 aliphatic heterocycles. The van der Waals surface area contributed by atoms with Crippen LogP contribution >= 0.6 is 23.2 Å². The van der Waals surface area contributed by atoms with E-state index in [0.29, 0.717) is 23.0 Å². The highest BCUT2D eigenvalue weighted by molar-refractivity contribution is 6.30. The Bertz CT molecular complexity index is 351. The van der Waals surface area contributed by atoms with Crippen LogP contribution in [0.25, 0.3) is 0 Å². The highest BCUT2D eigenvalue weighted by Gasteiger charge is 2.20. The molecule has 1 aromatic rings. The standard InChI is InChI=1S/C12H16Cl2FN/c1-3-12(2,8-13)16-7-9-4-5-10(14)6-11(9)15/h4-6,16H,3,7-8H2,1-2H3. The van der Waals surface area contributed by atoms with Gasteiger partial charge in [0, 0.05) is 28.5 Å². The van der Waals surface area contributed by atoms with Crippen LogP contribution in [0.4, 0.5) is 4.39 Å². The van der Waals surface area contributed by atoms with E-state index in [1.807, 2.05) is 13.8 Å². The summed E-state index contributed by atoms with van der Waals surface area (Å²) in [5, 5.41) is 3.67. The predicted octanol–water partition coefficient (Wildman–Crippen LogP) is 3.98. The Balaban J connectivity index is 2.67. The lowest BCUT2D eigenvalue weighted by Gasteiger charge is -2.27. The van der Waals surface area contributed by atoms with E-state index in [0.717, 1.165) is 6.42 Å². The summed E-state index contributed by atoms with van der Waals surface area (Å²) in [6, 6.07) is 4.70. The Morgan fingerprint density at radius 2 is 2.12 bits per heavy atom. The fourth-order valence-electron chi connectivity index (χ4n) is 1.24. The maximum absolute atomic E-state index is 13.5. The number of rotatable bonds is 5. The average molecular weight is 264 g/mol. The van der Waals surface area contributed by atoms with E-state index in [-0.39, 0.29) is 11.4 Å². The third-order valence-electron chi connectivity index (χ3n) is 2.80. The smallest absolute Gasteiger partial charge is 0.129 e. The minimum atomic E-state index is -0.284. The topological polar surface area (TPSA) is 12.0 Å². The molecule has 1 N–H and O–H groups in total. The van der Waals surface area contributed by atoms with Crippen LogP contribution in [0.15, 0.2) is 18.2 Å². The monoisotopic (exact) mass is 263 g/mol. The summed E-state index contributed by atoms with van der Waals surface area (Å²) in [5.41, 5.74) is 0.447. The quantitative estimate of drug-likeness (QED) is 0.793. The molecular formula is C12H16Cl2FN. The fourth-order valence-corrected chi connectivity index (χ4v) is 1.68. The van der Waals surface area contributed by atoms with Gasteiger partial charge in [-0.15, -0.1) is 11.6 Å². The lowest BCUT2D eigenvalue weighted by molar-refractivity contribution is 0.376. The van der Waals surface area contributed by atoms with Crippen molar-refractivity contribution in [1.29, 1.82) is 0 Å². The van der Waals surface area contributed by atoms with E-state index in [4.69, 9.17) is 23.2 Å². The zero-order chi connectivity index (χ0) is 12.2. The Labute approximate surface area is 106 Å². The molecule has 1 nitrogen and oxygen atoms in total. The van der Waals surface area contributed by atoms with Crippen molar-refractivity contribution in [1.82, 2.24) is 5.32 Å². The Kier molecular flexibility index (Phi) is 5.03. The molecule has 90 valence electrons. The van der Waals surface area contributed by atoms with Crippen molar-refractivity contribution in [2.75, 3.05) is 5.88 Å². The van der Waals surface area contributed by atoms with Gasteiger partial charge >= 0.3 is 0 Å². The Morgan fingerprint density at radius 3 is 2.62 bits per heavy atom. The van der Waals surface area contributed by atoms with Crippen LogP contribution in [0.1, 0.15) is 25.8 Å². The van der Waals surface area contributed by atoms with Crippen molar-refractivity contribution in [2.45, 2.75) is 32.4 Å². The van der Waals surface area contributed by atoms with Gasteiger partial charge in [0.1, 0.15) is 5.82 Å². The molecule has 0 heterocycles. The molecular weight excluding hydrogens is 248 g/mol. The molecule has 4 heteroatoms. The molecule has 1 rings (SSSR count). The summed E-state index contributed by atoms with van der Waals surface area (Å²) in [7, 11) is 0. The summed E-state index contributed by atoms with van der Waals surface area (Å²) in [4.78, 5) is 0. The number of hydrogen-bond donors (Lipinski definition) is 1. The van der Waals surface area contributed by atoms with E-state index < -0.39 is 0 Å². The summed E-state index contributed by atoms with van der Waals surface area (Å²) >= 11 is 11.5. The minimum absolute atomic E-state index is 0.159.